The summed E-state index contributed by atoms with van der Waals surface area (Å²) in [5, 5.41) is 16.3. The number of nitrogens with zero attached hydrogens (tertiary/aromatic N) is 2. The number of hydrogen-bond acceptors (Lipinski definition) is 5. The first-order valence-electron chi connectivity index (χ1n) is 10.3. The van der Waals surface area contributed by atoms with Gasteiger partial charge >= 0.3 is 0 Å². The van der Waals surface area contributed by atoms with E-state index in [1.165, 1.54) is 16.8 Å². The van der Waals surface area contributed by atoms with Crippen LogP contribution < -0.4 is 16.2 Å². The maximum atomic E-state index is 12.6. The van der Waals surface area contributed by atoms with Crippen molar-refractivity contribution in [1.29, 1.82) is 0 Å². The normalized spacial score (nSPS) is 12.9. The van der Waals surface area contributed by atoms with E-state index in [9.17, 15) is 14.7 Å². The molecule has 0 bridgehead atoms. The van der Waals surface area contributed by atoms with Crippen molar-refractivity contribution in [2.75, 3.05) is 18.4 Å². The fourth-order valence-corrected chi connectivity index (χ4v) is 3.37. The van der Waals surface area contributed by atoms with Crippen LogP contribution in [0.25, 0.3) is 0 Å². The molecule has 7 nitrogen and oxygen atoms in total. The summed E-state index contributed by atoms with van der Waals surface area (Å²) in [4.78, 5) is 28.7. The molecular formula is C24H28N4O3. The number of anilines is 1. The molecule has 1 heterocycles. The third kappa shape index (κ3) is 6.10. The Morgan fingerprint density at radius 3 is 2.48 bits per heavy atom. The summed E-state index contributed by atoms with van der Waals surface area (Å²) >= 11 is 0. The molecule has 1 unspecified atom stereocenters. The van der Waals surface area contributed by atoms with E-state index in [1.54, 1.807) is 13.8 Å². The van der Waals surface area contributed by atoms with Crippen molar-refractivity contribution in [2.24, 2.45) is 0 Å². The fraction of sp³-hybridized carbons (Fsp3) is 0.292. The molecule has 2 atom stereocenters. The van der Waals surface area contributed by atoms with Crippen LogP contribution in [-0.4, -0.2) is 33.7 Å². The van der Waals surface area contributed by atoms with Crippen LogP contribution in [0.15, 0.2) is 71.7 Å². The lowest BCUT2D eigenvalue weighted by molar-refractivity contribution is -0.118. The molecule has 0 aliphatic carbocycles. The van der Waals surface area contributed by atoms with Gasteiger partial charge in [0, 0.05) is 24.5 Å². The molecule has 0 aliphatic rings. The summed E-state index contributed by atoms with van der Waals surface area (Å²) in [5.74, 6) is 0.220. The Morgan fingerprint density at radius 1 is 1.10 bits per heavy atom. The fourth-order valence-electron chi connectivity index (χ4n) is 3.37. The minimum atomic E-state index is -0.666. The zero-order valence-electron chi connectivity index (χ0n) is 17.8. The van der Waals surface area contributed by atoms with E-state index in [1.807, 2.05) is 54.6 Å². The molecule has 7 heteroatoms. The van der Waals surface area contributed by atoms with Gasteiger partial charge in [0.05, 0.1) is 6.10 Å². The van der Waals surface area contributed by atoms with Crippen molar-refractivity contribution in [3.8, 4) is 0 Å². The Balaban J connectivity index is 1.47. The van der Waals surface area contributed by atoms with Gasteiger partial charge in [-0.1, -0.05) is 42.5 Å². The molecule has 162 valence electrons. The molecule has 1 aromatic heterocycles. The Labute approximate surface area is 181 Å². The second-order valence-corrected chi connectivity index (χ2v) is 7.44. The number of benzene rings is 2. The maximum absolute atomic E-state index is 12.6. The number of carbonyl (C=O) groups excluding carboxylic acids is 1. The lowest BCUT2D eigenvalue weighted by Crippen LogP contribution is -2.33. The van der Waals surface area contributed by atoms with Crippen LogP contribution in [0.2, 0.25) is 0 Å². The first kappa shape index (κ1) is 22.4. The smallest absolute Gasteiger partial charge is 0.254 e. The summed E-state index contributed by atoms with van der Waals surface area (Å²) in [6.07, 6.45) is 1.71. The van der Waals surface area contributed by atoms with E-state index >= 15 is 0 Å². The average molecular weight is 421 g/mol. The quantitative estimate of drug-likeness (QED) is 0.463. The van der Waals surface area contributed by atoms with E-state index in [0.717, 1.165) is 24.1 Å². The Kier molecular flexibility index (Phi) is 7.70. The van der Waals surface area contributed by atoms with E-state index < -0.39 is 12.1 Å². The Bertz CT molecular complexity index is 1050. The average Bonchev–Trinajstić information content (AvgIpc) is 2.78. The highest BCUT2D eigenvalue weighted by Crippen LogP contribution is 2.14. The molecule has 0 saturated carbocycles. The molecule has 2 aromatic carbocycles. The van der Waals surface area contributed by atoms with Crippen LogP contribution in [0.3, 0.4) is 0 Å². The number of rotatable bonds is 9. The van der Waals surface area contributed by atoms with E-state index in [-0.39, 0.29) is 11.5 Å². The third-order valence-corrected chi connectivity index (χ3v) is 5.17. The Hall–Kier alpha value is -3.29. The van der Waals surface area contributed by atoms with Gasteiger partial charge in [-0.15, -0.1) is 0 Å². The van der Waals surface area contributed by atoms with Gasteiger partial charge in [-0.05, 0) is 50.1 Å². The van der Waals surface area contributed by atoms with Gasteiger partial charge < -0.3 is 15.7 Å². The van der Waals surface area contributed by atoms with Gasteiger partial charge in [-0.25, -0.2) is 4.98 Å². The second-order valence-electron chi connectivity index (χ2n) is 7.44. The van der Waals surface area contributed by atoms with E-state index in [2.05, 4.69) is 15.6 Å². The summed E-state index contributed by atoms with van der Waals surface area (Å²) < 4.78 is 1.37. The number of nitrogens with one attached hydrogen (secondary N) is 2. The molecule has 0 saturated heterocycles. The zero-order valence-corrected chi connectivity index (χ0v) is 17.8. The number of carbonyl (C=O) groups is 1. The largest absolute Gasteiger partial charge is 0.387 e. The van der Waals surface area contributed by atoms with Crippen LogP contribution in [0.5, 0.6) is 0 Å². The highest BCUT2D eigenvalue weighted by molar-refractivity contribution is 5.93. The van der Waals surface area contributed by atoms with E-state index in [0.29, 0.717) is 18.1 Å². The number of aryl methyl sites for hydroxylation is 1. The van der Waals surface area contributed by atoms with Crippen LogP contribution >= 0.6 is 0 Å². The lowest BCUT2D eigenvalue weighted by Gasteiger charge is -2.17. The molecule has 0 aliphatic heterocycles. The molecule has 0 spiro atoms. The number of aliphatic hydroxyl groups is 1. The summed E-state index contributed by atoms with van der Waals surface area (Å²) in [6, 6.07) is 17.9. The van der Waals surface area contributed by atoms with Gasteiger partial charge in [0.2, 0.25) is 5.91 Å². The number of amides is 1. The first-order valence-corrected chi connectivity index (χ1v) is 10.3. The molecule has 3 aromatic rings. The summed E-state index contributed by atoms with van der Waals surface area (Å²) in [5.41, 5.74) is 2.43. The van der Waals surface area contributed by atoms with Crippen molar-refractivity contribution in [3.63, 3.8) is 0 Å². The molecule has 1 amide bonds. The van der Waals surface area contributed by atoms with Crippen LogP contribution in [0, 0.1) is 6.92 Å². The summed E-state index contributed by atoms with van der Waals surface area (Å²) in [6.45, 7) is 4.60. The van der Waals surface area contributed by atoms with Crippen molar-refractivity contribution < 1.29 is 9.90 Å². The number of aliphatic hydroxyl groups excluding tert-OH is 1. The highest BCUT2D eigenvalue weighted by atomic mass is 16.3. The van der Waals surface area contributed by atoms with Gasteiger partial charge in [0.15, 0.2) is 0 Å². The topological polar surface area (TPSA) is 96.2 Å². The molecule has 3 N–H and O–H groups in total. The number of aromatic nitrogens is 2. The molecule has 0 radical (unpaired) electrons. The second kappa shape index (κ2) is 10.7. The predicted octanol–water partition coefficient (Wildman–Crippen LogP) is 2.62. The molecule has 0 fully saturated rings. The van der Waals surface area contributed by atoms with Crippen LogP contribution in [0.4, 0.5) is 5.69 Å². The van der Waals surface area contributed by atoms with Gasteiger partial charge in [0.1, 0.15) is 11.9 Å². The minimum Gasteiger partial charge on any atom is -0.387 e. The maximum Gasteiger partial charge on any atom is 0.254 e. The molecule has 31 heavy (non-hydrogen) atoms. The SMILES string of the molecule is Cc1nccc(=O)n1[C@@H](C)C(=O)Nc1ccc(CCNCC(O)c2ccccc2)cc1. The molecular weight excluding hydrogens is 392 g/mol. The molecule has 3 rings (SSSR count). The highest BCUT2D eigenvalue weighted by Gasteiger charge is 2.18. The first-order chi connectivity index (χ1) is 15.0. The minimum absolute atomic E-state index is 0.254. The van der Waals surface area contributed by atoms with E-state index in [4.69, 9.17) is 0 Å². The standard InChI is InChI=1S/C24H28N4O3/c1-17(28-18(2)26-15-13-23(28)30)24(31)27-21-10-8-19(9-11-21)12-14-25-16-22(29)20-6-4-3-5-7-20/h3-11,13,15,17,22,25,29H,12,14,16H2,1-2H3,(H,27,31)/t17-,22?/m0/s1. The van der Waals surface area contributed by atoms with Gasteiger partial charge in [0.25, 0.3) is 5.56 Å². The van der Waals surface area contributed by atoms with Crippen molar-refractivity contribution in [2.45, 2.75) is 32.4 Å². The zero-order chi connectivity index (χ0) is 22.2. The van der Waals surface area contributed by atoms with Crippen LogP contribution in [0.1, 0.15) is 36.0 Å². The monoisotopic (exact) mass is 420 g/mol. The predicted molar refractivity (Wildman–Crippen MR) is 121 cm³/mol. The van der Waals surface area contributed by atoms with Crippen molar-refractivity contribution >= 4 is 11.6 Å². The summed E-state index contributed by atoms with van der Waals surface area (Å²) in [7, 11) is 0. The third-order valence-electron chi connectivity index (χ3n) is 5.17. The van der Waals surface area contributed by atoms with Crippen molar-refractivity contribution in [1.82, 2.24) is 14.9 Å². The van der Waals surface area contributed by atoms with Gasteiger partial charge in [-0.2, -0.15) is 0 Å². The van der Waals surface area contributed by atoms with Gasteiger partial charge in [-0.3, -0.25) is 14.2 Å². The number of hydrogen-bond donors (Lipinski definition) is 3. The van der Waals surface area contributed by atoms with Crippen LogP contribution in [-0.2, 0) is 11.2 Å². The van der Waals surface area contributed by atoms with Crippen molar-refractivity contribution in [3.05, 3.63) is 94.2 Å². The Morgan fingerprint density at radius 2 is 1.81 bits per heavy atom. The lowest BCUT2D eigenvalue weighted by atomic mass is 10.1.